The molecular weight excluding hydrogens is 408 g/mol. The lowest BCUT2D eigenvalue weighted by Gasteiger charge is -2.35. The molecule has 1 aliphatic heterocycles. The topological polar surface area (TPSA) is 87.2 Å². The van der Waals surface area contributed by atoms with Crippen molar-refractivity contribution in [1.29, 1.82) is 0 Å². The largest absolute Gasteiger partial charge is 0.493 e. The highest BCUT2D eigenvalue weighted by molar-refractivity contribution is 6.04. The van der Waals surface area contributed by atoms with Gasteiger partial charge in [0.15, 0.2) is 0 Å². The van der Waals surface area contributed by atoms with Crippen molar-refractivity contribution in [2.24, 2.45) is 0 Å². The minimum Gasteiger partial charge on any atom is -0.493 e. The molecule has 164 valence electrons. The number of carbonyl (C=O) groups excluding carboxylic acids is 2. The first-order chi connectivity index (χ1) is 15.5. The molecule has 0 atom stereocenters. The first kappa shape index (κ1) is 21.4. The van der Waals surface area contributed by atoms with Crippen LogP contribution in [-0.2, 0) is 4.79 Å². The van der Waals surface area contributed by atoms with Crippen LogP contribution in [0.4, 0.5) is 0 Å². The third-order valence-corrected chi connectivity index (χ3v) is 5.61. The highest BCUT2D eigenvalue weighted by atomic mass is 16.5. The van der Waals surface area contributed by atoms with Crippen molar-refractivity contribution in [2.45, 2.75) is 6.42 Å². The summed E-state index contributed by atoms with van der Waals surface area (Å²) in [5.41, 5.74) is 0.158. The molecule has 0 aliphatic carbocycles. The molecule has 3 aromatic carbocycles. The zero-order valence-corrected chi connectivity index (χ0v) is 17.6. The highest BCUT2D eigenvalue weighted by Crippen LogP contribution is 2.21. The van der Waals surface area contributed by atoms with E-state index in [1.165, 1.54) is 12.1 Å². The van der Waals surface area contributed by atoms with Gasteiger partial charge in [-0.25, -0.2) is 4.79 Å². The first-order valence-corrected chi connectivity index (χ1v) is 10.5. The van der Waals surface area contributed by atoms with Crippen molar-refractivity contribution in [3.63, 3.8) is 0 Å². The second-order valence-electron chi connectivity index (χ2n) is 7.63. The highest BCUT2D eigenvalue weighted by Gasteiger charge is 2.27. The summed E-state index contributed by atoms with van der Waals surface area (Å²) in [5, 5.41) is 11.5. The van der Waals surface area contributed by atoms with Crippen LogP contribution < -0.4 is 4.74 Å². The summed E-state index contributed by atoms with van der Waals surface area (Å²) in [4.78, 5) is 40.0. The lowest BCUT2D eigenvalue weighted by Crippen LogP contribution is -2.51. The van der Waals surface area contributed by atoms with Crippen molar-refractivity contribution in [1.82, 2.24) is 9.80 Å². The van der Waals surface area contributed by atoms with Crippen LogP contribution in [0.25, 0.3) is 10.8 Å². The molecule has 3 aromatic rings. The molecule has 1 saturated heterocycles. The van der Waals surface area contributed by atoms with Gasteiger partial charge in [-0.15, -0.1) is 0 Å². The molecule has 1 fully saturated rings. The number of ether oxygens (including phenoxy) is 1. The van der Waals surface area contributed by atoms with E-state index in [4.69, 9.17) is 4.74 Å². The summed E-state index contributed by atoms with van der Waals surface area (Å²) < 4.78 is 5.76. The molecule has 0 unspecified atom stereocenters. The van der Waals surface area contributed by atoms with Crippen LogP contribution in [0, 0.1) is 0 Å². The van der Waals surface area contributed by atoms with Gasteiger partial charge in [0.1, 0.15) is 5.75 Å². The average Bonchev–Trinajstić information content (AvgIpc) is 2.83. The summed E-state index contributed by atoms with van der Waals surface area (Å²) in [6, 6.07) is 20.0. The van der Waals surface area contributed by atoms with E-state index in [1.54, 1.807) is 21.9 Å². The van der Waals surface area contributed by atoms with Gasteiger partial charge < -0.3 is 19.6 Å². The Hall–Kier alpha value is -3.87. The number of rotatable bonds is 6. The summed E-state index contributed by atoms with van der Waals surface area (Å²) in [6.45, 7) is 1.84. The van der Waals surface area contributed by atoms with Gasteiger partial charge in [-0.2, -0.15) is 0 Å². The van der Waals surface area contributed by atoms with Crippen LogP contribution in [0.5, 0.6) is 5.75 Å². The van der Waals surface area contributed by atoms with E-state index >= 15 is 0 Å². The van der Waals surface area contributed by atoms with Crippen molar-refractivity contribution in [3.05, 3.63) is 77.9 Å². The van der Waals surface area contributed by atoms with Gasteiger partial charge >= 0.3 is 5.97 Å². The number of carboxylic acids is 1. The molecule has 7 heteroatoms. The van der Waals surface area contributed by atoms with Gasteiger partial charge in [-0.3, -0.25) is 9.59 Å². The van der Waals surface area contributed by atoms with E-state index < -0.39 is 5.97 Å². The number of amides is 2. The quantitative estimate of drug-likeness (QED) is 0.646. The second kappa shape index (κ2) is 9.51. The molecule has 32 heavy (non-hydrogen) atoms. The van der Waals surface area contributed by atoms with Crippen LogP contribution in [0.3, 0.4) is 0 Å². The lowest BCUT2D eigenvalue weighted by molar-refractivity contribution is -0.133. The summed E-state index contributed by atoms with van der Waals surface area (Å²) >= 11 is 0. The minimum absolute atomic E-state index is 0.0122. The van der Waals surface area contributed by atoms with E-state index in [1.807, 2.05) is 42.5 Å². The molecule has 0 spiro atoms. The third kappa shape index (κ3) is 4.72. The van der Waals surface area contributed by atoms with Gasteiger partial charge in [0.2, 0.25) is 5.91 Å². The molecular formula is C25H24N2O5. The molecule has 0 aromatic heterocycles. The number of carbonyl (C=O) groups is 3. The van der Waals surface area contributed by atoms with Crippen LogP contribution in [0.15, 0.2) is 66.7 Å². The van der Waals surface area contributed by atoms with Crippen LogP contribution in [-0.4, -0.2) is 65.5 Å². The molecule has 4 rings (SSSR count). The first-order valence-electron chi connectivity index (χ1n) is 10.5. The maximum atomic E-state index is 12.8. The van der Waals surface area contributed by atoms with Crippen molar-refractivity contribution >= 4 is 28.6 Å². The van der Waals surface area contributed by atoms with Gasteiger partial charge in [-0.1, -0.05) is 42.5 Å². The SMILES string of the molecule is O=C(O)c1ccccc1C(=O)N1CCN(C(=O)CCOc2ccc3ccccc3c2)CC1. The van der Waals surface area contributed by atoms with Crippen LogP contribution in [0.1, 0.15) is 27.1 Å². The van der Waals surface area contributed by atoms with Crippen LogP contribution in [0.2, 0.25) is 0 Å². The predicted octanol–water partition coefficient (Wildman–Crippen LogP) is 3.29. The summed E-state index contributed by atoms with van der Waals surface area (Å²) in [5.74, 6) is -0.753. The van der Waals surface area contributed by atoms with E-state index in [9.17, 15) is 19.5 Å². The van der Waals surface area contributed by atoms with Gasteiger partial charge in [-0.05, 0) is 35.0 Å². The Balaban J connectivity index is 1.27. The number of fused-ring (bicyclic) bond motifs is 1. The smallest absolute Gasteiger partial charge is 0.336 e. The Bertz CT molecular complexity index is 1150. The zero-order chi connectivity index (χ0) is 22.5. The molecule has 2 amide bonds. The fraction of sp³-hybridized carbons (Fsp3) is 0.240. The number of aromatic carboxylic acids is 1. The number of hydrogen-bond donors (Lipinski definition) is 1. The van der Waals surface area contributed by atoms with Crippen LogP contribution >= 0.6 is 0 Å². The average molecular weight is 432 g/mol. The normalized spacial score (nSPS) is 13.8. The van der Waals surface area contributed by atoms with Crippen molar-refractivity contribution in [2.75, 3.05) is 32.8 Å². The Labute approximate surface area is 185 Å². The maximum Gasteiger partial charge on any atom is 0.336 e. The maximum absolute atomic E-state index is 12.8. The number of benzene rings is 3. The van der Waals surface area contributed by atoms with Gasteiger partial charge in [0.05, 0.1) is 24.2 Å². The number of hydrogen-bond acceptors (Lipinski definition) is 4. The molecule has 1 N–H and O–H groups in total. The minimum atomic E-state index is -1.13. The molecule has 1 heterocycles. The second-order valence-corrected chi connectivity index (χ2v) is 7.63. The predicted molar refractivity (Wildman–Crippen MR) is 120 cm³/mol. The van der Waals surface area contributed by atoms with E-state index in [2.05, 4.69) is 0 Å². The fourth-order valence-corrected chi connectivity index (χ4v) is 3.86. The molecule has 0 radical (unpaired) electrons. The van der Waals surface area contributed by atoms with Gasteiger partial charge in [0.25, 0.3) is 5.91 Å². The fourth-order valence-electron chi connectivity index (χ4n) is 3.86. The summed E-state index contributed by atoms with van der Waals surface area (Å²) in [7, 11) is 0. The number of carboxylic acid groups (broad SMARTS) is 1. The number of nitrogens with zero attached hydrogens (tertiary/aromatic N) is 2. The van der Waals surface area contributed by atoms with Crippen molar-refractivity contribution in [3.8, 4) is 5.75 Å². The molecule has 0 bridgehead atoms. The molecule has 0 saturated carbocycles. The van der Waals surface area contributed by atoms with E-state index in [0.717, 1.165) is 16.5 Å². The Kier molecular flexibility index (Phi) is 6.35. The Morgan fingerprint density at radius 3 is 2.12 bits per heavy atom. The Morgan fingerprint density at radius 1 is 0.781 bits per heavy atom. The van der Waals surface area contributed by atoms with E-state index in [0.29, 0.717) is 26.2 Å². The third-order valence-electron chi connectivity index (χ3n) is 5.61. The molecule has 1 aliphatic rings. The van der Waals surface area contributed by atoms with Gasteiger partial charge in [0, 0.05) is 26.2 Å². The summed E-state index contributed by atoms with van der Waals surface area (Å²) in [6.07, 6.45) is 0.253. The molecule has 7 nitrogen and oxygen atoms in total. The van der Waals surface area contributed by atoms with E-state index in [-0.39, 0.29) is 36.0 Å². The lowest BCUT2D eigenvalue weighted by atomic mass is 10.1. The Morgan fingerprint density at radius 2 is 1.41 bits per heavy atom. The standard InChI is InChI=1S/C25H24N2O5/c28-23(11-16-32-20-10-9-18-5-1-2-6-19(18)17-20)26-12-14-27(15-13-26)24(29)21-7-3-4-8-22(21)25(30)31/h1-10,17H,11-16H2,(H,30,31). The van der Waals surface area contributed by atoms with Crippen molar-refractivity contribution < 1.29 is 24.2 Å². The zero-order valence-electron chi connectivity index (χ0n) is 17.6. The number of piperazine rings is 1. The monoisotopic (exact) mass is 432 g/mol.